The summed E-state index contributed by atoms with van der Waals surface area (Å²) in [6.07, 6.45) is 1.37. The van der Waals surface area contributed by atoms with Gasteiger partial charge in [-0.05, 0) is 61.5 Å². The second kappa shape index (κ2) is 9.04. The molecule has 0 bridgehead atoms. The van der Waals surface area contributed by atoms with Gasteiger partial charge in [-0.25, -0.2) is 8.42 Å². The number of nitrogens with zero attached hydrogens (tertiary/aromatic N) is 1. The van der Waals surface area contributed by atoms with E-state index in [4.69, 9.17) is 25.8 Å². The van der Waals surface area contributed by atoms with Crippen molar-refractivity contribution in [2.24, 2.45) is 0 Å². The molecule has 0 saturated heterocycles. The summed E-state index contributed by atoms with van der Waals surface area (Å²) in [6.45, 7) is 3.30. The molecule has 0 amide bonds. The van der Waals surface area contributed by atoms with Crippen molar-refractivity contribution < 1.29 is 22.6 Å². The van der Waals surface area contributed by atoms with Crippen LogP contribution in [0.1, 0.15) is 6.92 Å². The molecule has 9 heteroatoms. The number of halogens is 1. The van der Waals surface area contributed by atoms with Crippen LogP contribution in [-0.2, 0) is 9.84 Å². The van der Waals surface area contributed by atoms with Crippen LogP contribution in [-0.4, -0.2) is 33.2 Å². The Morgan fingerprint density at radius 3 is 2.53 bits per heavy atom. The van der Waals surface area contributed by atoms with E-state index >= 15 is 0 Å². The van der Waals surface area contributed by atoms with Crippen LogP contribution in [0, 0.1) is 0 Å². The molecule has 0 saturated carbocycles. The second-order valence-corrected chi connectivity index (χ2v) is 9.90. The lowest BCUT2D eigenvalue weighted by Gasteiger charge is -2.20. The number of ether oxygens (including phenoxy) is 3. The molecule has 34 heavy (non-hydrogen) atoms. The molecule has 1 aliphatic rings. The Kier molecular flexibility index (Phi) is 5.93. The SMILES string of the molecule is CCOc1ccc2ncc(S(=O)(=O)c3ccc(Cl)cc3)c(Nc3ccc4c(c3)OCCO4)c2c1. The smallest absolute Gasteiger partial charge is 0.210 e. The summed E-state index contributed by atoms with van der Waals surface area (Å²) < 4.78 is 44.2. The Labute approximate surface area is 202 Å². The van der Waals surface area contributed by atoms with Crippen LogP contribution in [0.15, 0.2) is 76.7 Å². The molecule has 4 aromatic rings. The van der Waals surface area contributed by atoms with Crippen LogP contribution in [0.25, 0.3) is 10.9 Å². The maximum absolute atomic E-state index is 13.6. The molecular formula is C25H21ClN2O5S. The largest absolute Gasteiger partial charge is 0.494 e. The average molecular weight is 497 g/mol. The zero-order chi connectivity index (χ0) is 23.7. The van der Waals surface area contributed by atoms with Gasteiger partial charge in [0.1, 0.15) is 23.9 Å². The third kappa shape index (κ3) is 4.22. The van der Waals surface area contributed by atoms with Crippen LogP contribution in [0.3, 0.4) is 0 Å². The Morgan fingerprint density at radius 2 is 1.76 bits per heavy atom. The van der Waals surface area contributed by atoms with E-state index in [1.165, 1.54) is 18.3 Å². The highest BCUT2D eigenvalue weighted by molar-refractivity contribution is 7.91. The van der Waals surface area contributed by atoms with Gasteiger partial charge in [0.05, 0.1) is 22.7 Å². The fourth-order valence-electron chi connectivity index (χ4n) is 3.75. The predicted octanol–water partition coefficient (Wildman–Crippen LogP) is 5.63. The van der Waals surface area contributed by atoms with Gasteiger partial charge in [-0.15, -0.1) is 0 Å². The van der Waals surface area contributed by atoms with Crippen molar-refractivity contribution in [3.63, 3.8) is 0 Å². The number of aromatic nitrogens is 1. The molecule has 1 N–H and O–H groups in total. The first-order valence-corrected chi connectivity index (χ1v) is 12.5. The molecule has 5 rings (SSSR count). The van der Waals surface area contributed by atoms with Gasteiger partial charge in [-0.3, -0.25) is 4.98 Å². The molecular weight excluding hydrogens is 476 g/mol. The van der Waals surface area contributed by atoms with Crippen LogP contribution in [0.4, 0.5) is 11.4 Å². The molecule has 174 valence electrons. The third-order valence-corrected chi connectivity index (χ3v) is 7.37. The molecule has 0 fully saturated rings. The highest BCUT2D eigenvalue weighted by Gasteiger charge is 2.25. The first-order chi connectivity index (χ1) is 16.5. The molecule has 7 nitrogen and oxygen atoms in total. The van der Waals surface area contributed by atoms with Gasteiger partial charge in [0.25, 0.3) is 0 Å². The first-order valence-electron chi connectivity index (χ1n) is 10.7. The highest BCUT2D eigenvalue weighted by Crippen LogP contribution is 2.39. The van der Waals surface area contributed by atoms with E-state index in [1.54, 1.807) is 42.5 Å². The van der Waals surface area contributed by atoms with Gasteiger partial charge in [0.15, 0.2) is 11.5 Å². The van der Waals surface area contributed by atoms with E-state index in [0.717, 1.165) is 0 Å². The number of fused-ring (bicyclic) bond motifs is 2. The van der Waals surface area contributed by atoms with Crippen molar-refractivity contribution in [2.45, 2.75) is 16.7 Å². The van der Waals surface area contributed by atoms with Gasteiger partial charge in [0.2, 0.25) is 9.84 Å². The number of nitrogens with one attached hydrogen (secondary N) is 1. The summed E-state index contributed by atoms with van der Waals surface area (Å²) in [4.78, 5) is 4.57. The first kappa shape index (κ1) is 22.3. The van der Waals surface area contributed by atoms with Crippen molar-refractivity contribution >= 4 is 43.7 Å². The van der Waals surface area contributed by atoms with Crippen molar-refractivity contribution in [3.8, 4) is 17.2 Å². The summed E-state index contributed by atoms with van der Waals surface area (Å²) in [6, 6.07) is 16.8. The number of anilines is 2. The molecule has 0 aliphatic carbocycles. The Balaban J connectivity index is 1.69. The lowest BCUT2D eigenvalue weighted by atomic mass is 10.1. The van der Waals surface area contributed by atoms with Crippen molar-refractivity contribution in [1.29, 1.82) is 0 Å². The minimum absolute atomic E-state index is 0.0332. The van der Waals surface area contributed by atoms with Gasteiger partial charge in [-0.1, -0.05) is 11.6 Å². The van der Waals surface area contributed by atoms with E-state index in [1.807, 2.05) is 13.0 Å². The van der Waals surface area contributed by atoms with Gasteiger partial charge in [-0.2, -0.15) is 0 Å². The minimum atomic E-state index is -3.92. The molecule has 0 atom stereocenters. The number of benzene rings is 3. The maximum atomic E-state index is 13.6. The van der Waals surface area contributed by atoms with E-state index in [2.05, 4.69) is 10.3 Å². The third-order valence-electron chi connectivity index (χ3n) is 5.34. The summed E-state index contributed by atoms with van der Waals surface area (Å²) in [7, 11) is -3.92. The quantitative estimate of drug-likeness (QED) is 0.370. The molecule has 0 unspecified atom stereocenters. The van der Waals surface area contributed by atoms with Gasteiger partial charge >= 0.3 is 0 Å². The summed E-state index contributed by atoms with van der Waals surface area (Å²) in [5.41, 5.74) is 1.66. The summed E-state index contributed by atoms with van der Waals surface area (Å²) in [5, 5.41) is 4.34. The zero-order valence-electron chi connectivity index (χ0n) is 18.2. The fraction of sp³-hybridized carbons (Fsp3) is 0.160. The molecule has 0 radical (unpaired) electrons. The number of hydrogen-bond acceptors (Lipinski definition) is 7. The van der Waals surface area contributed by atoms with Crippen molar-refractivity contribution in [2.75, 3.05) is 25.1 Å². The van der Waals surface area contributed by atoms with Crippen LogP contribution in [0.2, 0.25) is 5.02 Å². The van der Waals surface area contributed by atoms with E-state index < -0.39 is 9.84 Å². The standard InChI is InChI=1S/C25H21ClN2O5S/c1-2-31-18-6-9-21-20(14-18)25(28-17-5-10-22-23(13-17)33-12-11-32-22)24(15-27-21)34(29,30)19-7-3-16(26)4-8-19/h3-10,13-15H,2,11-12H2,1H3,(H,27,28). The maximum Gasteiger partial charge on any atom is 0.210 e. The number of hydrogen-bond donors (Lipinski definition) is 1. The van der Waals surface area contributed by atoms with Gasteiger partial charge in [0, 0.05) is 28.4 Å². The Morgan fingerprint density at radius 1 is 1.00 bits per heavy atom. The Bertz CT molecular complexity index is 1470. The normalized spacial score (nSPS) is 13.0. The van der Waals surface area contributed by atoms with Crippen molar-refractivity contribution in [3.05, 3.63) is 71.9 Å². The van der Waals surface area contributed by atoms with Crippen LogP contribution < -0.4 is 19.5 Å². The second-order valence-electron chi connectivity index (χ2n) is 7.55. The molecule has 0 spiro atoms. The lowest BCUT2D eigenvalue weighted by Crippen LogP contribution is -2.15. The number of sulfone groups is 1. The Hall–Kier alpha value is -3.49. The lowest BCUT2D eigenvalue weighted by molar-refractivity contribution is 0.171. The number of pyridine rings is 1. The topological polar surface area (TPSA) is 86.8 Å². The molecule has 1 aromatic heterocycles. The highest BCUT2D eigenvalue weighted by atomic mass is 35.5. The van der Waals surface area contributed by atoms with Crippen LogP contribution >= 0.6 is 11.6 Å². The average Bonchev–Trinajstić information content (AvgIpc) is 2.84. The molecule has 3 aromatic carbocycles. The fourth-order valence-corrected chi connectivity index (χ4v) is 5.24. The number of rotatable bonds is 6. The van der Waals surface area contributed by atoms with E-state index in [9.17, 15) is 8.42 Å². The van der Waals surface area contributed by atoms with E-state index in [0.29, 0.717) is 64.4 Å². The summed E-state index contributed by atoms with van der Waals surface area (Å²) >= 11 is 5.97. The molecule has 2 heterocycles. The monoisotopic (exact) mass is 496 g/mol. The van der Waals surface area contributed by atoms with E-state index in [-0.39, 0.29) is 9.79 Å². The van der Waals surface area contributed by atoms with Crippen LogP contribution in [0.5, 0.6) is 17.2 Å². The van der Waals surface area contributed by atoms with Crippen molar-refractivity contribution in [1.82, 2.24) is 4.98 Å². The predicted molar refractivity (Wildman–Crippen MR) is 131 cm³/mol. The van der Waals surface area contributed by atoms with Gasteiger partial charge < -0.3 is 19.5 Å². The summed E-state index contributed by atoms with van der Waals surface area (Å²) in [5.74, 6) is 1.85. The zero-order valence-corrected chi connectivity index (χ0v) is 19.8. The minimum Gasteiger partial charge on any atom is -0.494 e. The molecule has 1 aliphatic heterocycles.